The van der Waals surface area contributed by atoms with E-state index in [1.807, 2.05) is 0 Å². The molecule has 2 aromatic carbocycles. The Morgan fingerprint density at radius 1 is 1.06 bits per heavy atom. The smallest absolute Gasteiger partial charge is 0.123 e. The van der Waals surface area contributed by atoms with Crippen LogP contribution in [0.4, 0.5) is 0 Å². The van der Waals surface area contributed by atoms with Gasteiger partial charge in [-0.05, 0) is 36.1 Å². The van der Waals surface area contributed by atoms with Gasteiger partial charge in [0, 0.05) is 6.04 Å². The van der Waals surface area contributed by atoms with Gasteiger partial charge in [-0.1, -0.05) is 42.0 Å². The van der Waals surface area contributed by atoms with E-state index in [0.717, 1.165) is 12.2 Å². The molecule has 3 rings (SSSR count). The highest BCUT2D eigenvalue weighted by Crippen LogP contribution is 2.30. The van der Waals surface area contributed by atoms with Gasteiger partial charge in [0.2, 0.25) is 0 Å². The highest BCUT2D eigenvalue weighted by molar-refractivity contribution is 5.66. The second-order valence-corrected chi connectivity index (χ2v) is 4.96. The molecule has 0 saturated carbocycles. The summed E-state index contributed by atoms with van der Waals surface area (Å²) in [6, 6.07) is 15.1. The van der Waals surface area contributed by atoms with Crippen LogP contribution in [0.1, 0.15) is 11.1 Å². The summed E-state index contributed by atoms with van der Waals surface area (Å²) in [6.07, 6.45) is 0.906. The molecule has 0 saturated heterocycles. The van der Waals surface area contributed by atoms with Gasteiger partial charge in [-0.15, -0.1) is 0 Å². The quantitative estimate of drug-likeness (QED) is 0.830. The van der Waals surface area contributed by atoms with Crippen molar-refractivity contribution >= 4 is 0 Å². The lowest BCUT2D eigenvalue weighted by atomic mass is 9.98. The third-order valence-electron chi connectivity index (χ3n) is 3.39. The van der Waals surface area contributed by atoms with Crippen molar-refractivity contribution in [3.8, 4) is 16.9 Å². The molecule has 0 amide bonds. The molecule has 18 heavy (non-hydrogen) atoms. The van der Waals surface area contributed by atoms with Crippen molar-refractivity contribution in [2.75, 3.05) is 6.61 Å². The fraction of sp³-hybridized carbons (Fsp3) is 0.250. The Balaban J connectivity index is 1.97. The number of ether oxygens (including phenoxy) is 1. The maximum absolute atomic E-state index is 5.89. The fourth-order valence-corrected chi connectivity index (χ4v) is 2.32. The number of benzene rings is 2. The van der Waals surface area contributed by atoms with Crippen molar-refractivity contribution in [2.45, 2.75) is 19.4 Å². The standard InChI is InChI=1S/C16H17NO/c1-11-2-4-12(5-3-11)13-6-7-14-8-15(17)10-18-16(14)9-13/h2-7,9,15H,8,10,17H2,1H3. The van der Waals surface area contributed by atoms with Crippen LogP contribution in [-0.2, 0) is 6.42 Å². The molecule has 1 unspecified atom stereocenters. The summed E-state index contributed by atoms with van der Waals surface area (Å²) in [7, 11) is 0. The zero-order valence-electron chi connectivity index (χ0n) is 10.5. The first kappa shape index (κ1) is 11.3. The van der Waals surface area contributed by atoms with Gasteiger partial charge < -0.3 is 10.5 Å². The van der Waals surface area contributed by atoms with Crippen molar-refractivity contribution in [3.05, 3.63) is 53.6 Å². The molecule has 2 nitrogen and oxygen atoms in total. The van der Waals surface area contributed by atoms with E-state index in [1.165, 1.54) is 22.3 Å². The van der Waals surface area contributed by atoms with E-state index in [4.69, 9.17) is 10.5 Å². The van der Waals surface area contributed by atoms with Gasteiger partial charge in [-0.2, -0.15) is 0 Å². The van der Waals surface area contributed by atoms with Crippen LogP contribution in [0.2, 0.25) is 0 Å². The zero-order valence-corrected chi connectivity index (χ0v) is 10.5. The maximum Gasteiger partial charge on any atom is 0.123 e. The van der Waals surface area contributed by atoms with Crippen LogP contribution < -0.4 is 10.5 Å². The van der Waals surface area contributed by atoms with Crippen LogP contribution in [0.5, 0.6) is 5.75 Å². The van der Waals surface area contributed by atoms with E-state index in [2.05, 4.69) is 49.4 Å². The fourth-order valence-electron chi connectivity index (χ4n) is 2.32. The molecule has 1 heterocycles. The maximum atomic E-state index is 5.89. The lowest BCUT2D eigenvalue weighted by molar-refractivity contribution is 0.263. The lowest BCUT2D eigenvalue weighted by Crippen LogP contribution is -2.33. The molecule has 0 bridgehead atoms. The molecular weight excluding hydrogens is 222 g/mol. The van der Waals surface area contributed by atoms with Crippen molar-refractivity contribution < 1.29 is 4.74 Å². The van der Waals surface area contributed by atoms with Crippen LogP contribution in [0.3, 0.4) is 0 Å². The molecule has 0 radical (unpaired) electrons. The molecular formula is C16H17NO. The Kier molecular flexibility index (Phi) is 2.80. The second-order valence-electron chi connectivity index (χ2n) is 4.96. The third-order valence-corrected chi connectivity index (χ3v) is 3.39. The Morgan fingerprint density at radius 2 is 1.78 bits per heavy atom. The van der Waals surface area contributed by atoms with Crippen molar-refractivity contribution in [1.82, 2.24) is 0 Å². The molecule has 0 spiro atoms. The van der Waals surface area contributed by atoms with Crippen LogP contribution in [0, 0.1) is 6.92 Å². The van der Waals surface area contributed by atoms with Crippen LogP contribution in [-0.4, -0.2) is 12.6 Å². The third kappa shape index (κ3) is 2.12. The summed E-state index contributed by atoms with van der Waals surface area (Å²) in [5, 5.41) is 0. The Morgan fingerprint density at radius 3 is 2.56 bits per heavy atom. The van der Waals surface area contributed by atoms with Gasteiger partial charge in [-0.25, -0.2) is 0 Å². The lowest BCUT2D eigenvalue weighted by Gasteiger charge is -2.23. The minimum atomic E-state index is 0.128. The first-order chi connectivity index (χ1) is 8.72. The number of hydrogen-bond acceptors (Lipinski definition) is 2. The van der Waals surface area contributed by atoms with E-state index in [-0.39, 0.29) is 6.04 Å². The monoisotopic (exact) mass is 239 g/mol. The van der Waals surface area contributed by atoms with Gasteiger partial charge in [0.05, 0.1) is 0 Å². The molecule has 2 N–H and O–H groups in total. The van der Waals surface area contributed by atoms with Crippen molar-refractivity contribution in [1.29, 1.82) is 0 Å². The van der Waals surface area contributed by atoms with Crippen molar-refractivity contribution in [3.63, 3.8) is 0 Å². The van der Waals surface area contributed by atoms with Crippen LogP contribution >= 0.6 is 0 Å². The highest BCUT2D eigenvalue weighted by Gasteiger charge is 2.16. The van der Waals surface area contributed by atoms with E-state index in [9.17, 15) is 0 Å². The molecule has 2 aromatic rings. The molecule has 92 valence electrons. The Bertz CT molecular complexity index is 560. The zero-order chi connectivity index (χ0) is 12.5. The van der Waals surface area contributed by atoms with Gasteiger partial charge >= 0.3 is 0 Å². The summed E-state index contributed by atoms with van der Waals surface area (Å²) >= 11 is 0. The molecule has 0 aliphatic carbocycles. The van der Waals surface area contributed by atoms with E-state index < -0.39 is 0 Å². The van der Waals surface area contributed by atoms with Gasteiger partial charge in [0.1, 0.15) is 12.4 Å². The molecule has 0 aromatic heterocycles. The molecule has 1 aliphatic rings. The second kappa shape index (κ2) is 4.46. The summed E-state index contributed by atoms with van der Waals surface area (Å²) in [4.78, 5) is 0. The predicted octanol–water partition coefficient (Wildman–Crippen LogP) is 2.92. The number of nitrogens with two attached hydrogens (primary N) is 1. The molecule has 0 fully saturated rings. The van der Waals surface area contributed by atoms with E-state index in [1.54, 1.807) is 0 Å². The summed E-state index contributed by atoms with van der Waals surface area (Å²) in [5.74, 6) is 0.981. The minimum Gasteiger partial charge on any atom is -0.492 e. The van der Waals surface area contributed by atoms with Gasteiger partial charge in [0.25, 0.3) is 0 Å². The van der Waals surface area contributed by atoms with Crippen molar-refractivity contribution in [2.24, 2.45) is 5.73 Å². The number of rotatable bonds is 1. The largest absolute Gasteiger partial charge is 0.492 e. The van der Waals surface area contributed by atoms with Gasteiger partial charge in [0.15, 0.2) is 0 Å². The van der Waals surface area contributed by atoms with Crippen LogP contribution in [0.15, 0.2) is 42.5 Å². The number of hydrogen-bond donors (Lipinski definition) is 1. The Labute approximate surface area is 107 Å². The summed E-state index contributed by atoms with van der Waals surface area (Å²) in [6.45, 7) is 2.71. The normalized spacial score (nSPS) is 18.0. The van der Waals surface area contributed by atoms with E-state index in [0.29, 0.717) is 6.61 Å². The predicted molar refractivity (Wildman–Crippen MR) is 73.8 cm³/mol. The van der Waals surface area contributed by atoms with E-state index >= 15 is 0 Å². The highest BCUT2D eigenvalue weighted by atomic mass is 16.5. The molecule has 1 aliphatic heterocycles. The minimum absolute atomic E-state index is 0.128. The number of fused-ring (bicyclic) bond motifs is 1. The average Bonchev–Trinajstić information content (AvgIpc) is 2.39. The molecule has 2 heteroatoms. The summed E-state index contributed by atoms with van der Waals surface area (Å²) in [5.41, 5.74) is 10.8. The first-order valence-corrected chi connectivity index (χ1v) is 6.31. The Hall–Kier alpha value is -1.80. The average molecular weight is 239 g/mol. The SMILES string of the molecule is Cc1ccc(-c2ccc3c(c2)OCC(N)C3)cc1. The summed E-state index contributed by atoms with van der Waals surface area (Å²) < 4.78 is 5.70. The first-order valence-electron chi connectivity index (χ1n) is 6.31. The topological polar surface area (TPSA) is 35.2 Å². The number of aryl methyl sites for hydroxylation is 1. The van der Waals surface area contributed by atoms with Crippen LogP contribution in [0.25, 0.3) is 11.1 Å². The van der Waals surface area contributed by atoms with Gasteiger partial charge in [-0.3, -0.25) is 0 Å². The molecule has 1 atom stereocenters.